The van der Waals surface area contributed by atoms with Gasteiger partial charge in [-0.3, -0.25) is 4.79 Å². The summed E-state index contributed by atoms with van der Waals surface area (Å²) in [6.07, 6.45) is 0. The first-order chi connectivity index (χ1) is 14.7. The molecule has 0 aliphatic carbocycles. The molecule has 0 spiro atoms. The maximum Gasteiger partial charge on any atom is 0.259 e. The molecule has 2 aromatic heterocycles. The van der Waals surface area contributed by atoms with Gasteiger partial charge in [0, 0.05) is 35.5 Å². The van der Waals surface area contributed by atoms with E-state index in [1.165, 1.54) is 0 Å². The van der Waals surface area contributed by atoms with Crippen molar-refractivity contribution in [3.63, 3.8) is 0 Å². The van der Waals surface area contributed by atoms with Crippen molar-refractivity contribution in [3.8, 4) is 22.9 Å². The zero-order chi connectivity index (χ0) is 20.2. The topological polar surface area (TPSA) is 85.6 Å². The number of benzene rings is 2. The summed E-state index contributed by atoms with van der Waals surface area (Å²) in [6.45, 7) is 1.78. The van der Waals surface area contributed by atoms with Crippen molar-refractivity contribution in [2.75, 3.05) is 19.9 Å². The lowest BCUT2D eigenvalue weighted by atomic mass is 9.99. The Balaban J connectivity index is 1.63. The Bertz CT molecular complexity index is 1390. The molecule has 0 atom stereocenters. The summed E-state index contributed by atoms with van der Waals surface area (Å²) < 4.78 is 12.9. The first kappa shape index (κ1) is 17.4. The number of rotatable bonds is 4. The molecule has 0 amide bonds. The molecule has 0 bridgehead atoms. The zero-order valence-electron chi connectivity index (χ0n) is 16.1. The molecule has 0 fully saturated rings. The van der Waals surface area contributed by atoms with E-state index in [2.05, 4.69) is 5.32 Å². The predicted molar refractivity (Wildman–Crippen MR) is 113 cm³/mol. The summed E-state index contributed by atoms with van der Waals surface area (Å²) >= 11 is 0. The third-order valence-electron chi connectivity index (χ3n) is 5.87. The first-order valence-corrected chi connectivity index (χ1v) is 9.94. The van der Waals surface area contributed by atoms with E-state index in [0.717, 1.165) is 38.8 Å². The number of pyridine rings is 2. The number of aliphatic hydroxyl groups is 1. The third-order valence-corrected chi connectivity index (χ3v) is 5.87. The summed E-state index contributed by atoms with van der Waals surface area (Å²) in [6, 6.07) is 13.5. The number of fused-ring (bicyclic) bond motifs is 6. The number of aromatic nitrogens is 2. The summed E-state index contributed by atoms with van der Waals surface area (Å²) in [5.41, 5.74) is 4.54. The minimum absolute atomic E-state index is 0.00594. The van der Waals surface area contributed by atoms with Crippen LogP contribution in [-0.4, -0.2) is 34.6 Å². The second kappa shape index (κ2) is 6.55. The van der Waals surface area contributed by atoms with E-state index in [9.17, 15) is 9.90 Å². The third kappa shape index (κ3) is 2.46. The number of nitrogens with zero attached hydrogens (tertiary/aromatic N) is 2. The highest BCUT2D eigenvalue weighted by Gasteiger charge is 2.28. The smallest absolute Gasteiger partial charge is 0.259 e. The second-order valence-corrected chi connectivity index (χ2v) is 7.55. The van der Waals surface area contributed by atoms with Gasteiger partial charge < -0.3 is 24.5 Å². The highest BCUT2D eigenvalue weighted by molar-refractivity contribution is 5.92. The first-order valence-electron chi connectivity index (χ1n) is 9.94. The molecule has 0 saturated heterocycles. The highest BCUT2D eigenvalue weighted by atomic mass is 16.7. The quantitative estimate of drug-likeness (QED) is 0.450. The summed E-state index contributed by atoms with van der Waals surface area (Å²) in [7, 11) is 0. The fourth-order valence-electron chi connectivity index (χ4n) is 4.44. The number of nitrogens with one attached hydrogen (secondary N) is 1. The lowest BCUT2D eigenvalue weighted by Crippen LogP contribution is -2.20. The van der Waals surface area contributed by atoms with Crippen molar-refractivity contribution < 1.29 is 14.6 Å². The zero-order valence-corrected chi connectivity index (χ0v) is 16.1. The van der Waals surface area contributed by atoms with Gasteiger partial charge >= 0.3 is 0 Å². The van der Waals surface area contributed by atoms with Crippen LogP contribution in [0.2, 0.25) is 0 Å². The van der Waals surface area contributed by atoms with Crippen molar-refractivity contribution >= 4 is 21.7 Å². The van der Waals surface area contributed by atoms with E-state index in [-0.39, 0.29) is 19.0 Å². The summed E-state index contributed by atoms with van der Waals surface area (Å²) in [5.74, 6) is 1.38. The van der Waals surface area contributed by atoms with Crippen molar-refractivity contribution in [1.82, 2.24) is 14.9 Å². The summed E-state index contributed by atoms with van der Waals surface area (Å²) in [5, 5.41) is 15.1. The van der Waals surface area contributed by atoms with Gasteiger partial charge in [0.1, 0.15) is 0 Å². The number of aliphatic hydroxyl groups excluding tert-OH is 1. The van der Waals surface area contributed by atoms with Crippen LogP contribution < -0.4 is 20.3 Å². The molecule has 0 radical (unpaired) electrons. The monoisotopic (exact) mass is 401 g/mol. The number of hydrogen-bond donors (Lipinski definition) is 2. The normalized spacial score (nSPS) is 13.8. The molecule has 0 saturated carbocycles. The molecular weight excluding hydrogens is 382 g/mol. The van der Waals surface area contributed by atoms with Crippen LogP contribution in [0.25, 0.3) is 33.1 Å². The fourth-order valence-corrected chi connectivity index (χ4v) is 4.44. The molecule has 6 rings (SSSR count). The van der Waals surface area contributed by atoms with E-state index in [4.69, 9.17) is 14.5 Å². The lowest BCUT2D eigenvalue weighted by molar-refractivity contribution is 0.174. The standard InChI is InChI=1S/C23H19N3O4/c27-6-5-24-10-16-15-8-20-21(30-12-29-20)9-18(15)25-22-17(16)11-26-19(22)7-13-3-1-2-4-14(13)23(26)28/h1-4,7-9,24,27H,5-6,10-12H2. The Morgan fingerprint density at radius 2 is 1.93 bits per heavy atom. The van der Waals surface area contributed by atoms with Gasteiger partial charge in [-0.05, 0) is 29.1 Å². The predicted octanol–water partition coefficient (Wildman–Crippen LogP) is 2.39. The van der Waals surface area contributed by atoms with E-state index < -0.39 is 0 Å². The molecule has 2 N–H and O–H groups in total. The van der Waals surface area contributed by atoms with E-state index in [1.54, 1.807) is 4.57 Å². The van der Waals surface area contributed by atoms with Crippen LogP contribution in [0, 0.1) is 0 Å². The molecule has 2 aromatic carbocycles. The van der Waals surface area contributed by atoms with Crippen molar-refractivity contribution in [1.29, 1.82) is 0 Å². The van der Waals surface area contributed by atoms with E-state index in [1.807, 2.05) is 42.5 Å². The van der Waals surface area contributed by atoms with Gasteiger partial charge in [0.15, 0.2) is 11.5 Å². The fraction of sp³-hybridized carbons (Fsp3) is 0.217. The van der Waals surface area contributed by atoms with Gasteiger partial charge in [-0.1, -0.05) is 18.2 Å². The molecule has 2 aliphatic rings. The molecule has 4 heterocycles. The van der Waals surface area contributed by atoms with Crippen LogP contribution in [-0.2, 0) is 13.1 Å². The molecule has 4 aromatic rings. The average Bonchev–Trinajstić information content (AvgIpc) is 3.37. The molecule has 30 heavy (non-hydrogen) atoms. The minimum atomic E-state index is -0.00594. The maximum atomic E-state index is 13.2. The van der Waals surface area contributed by atoms with E-state index in [0.29, 0.717) is 36.5 Å². The Kier molecular flexibility index (Phi) is 3.81. The van der Waals surface area contributed by atoms with Crippen LogP contribution in [0.5, 0.6) is 11.5 Å². The highest BCUT2D eigenvalue weighted by Crippen LogP contribution is 2.41. The second-order valence-electron chi connectivity index (χ2n) is 7.55. The number of ether oxygens (including phenoxy) is 2. The van der Waals surface area contributed by atoms with E-state index >= 15 is 0 Å². The van der Waals surface area contributed by atoms with Crippen molar-refractivity contribution in [3.05, 3.63) is 63.9 Å². The van der Waals surface area contributed by atoms with Gasteiger partial charge in [0.05, 0.1) is 30.1 Å². The Morgan fingerprint density at radius 1 is 1.10 bits per heavy atom. The molecular formula is C23H19N3O4. The van der Waals surface area contributed by atoms with Gasteiger partial charge in [0.25, 0.3) is 5.56 Å². The Labute approximate surface area is 171 Å². The average molecular weight is 401 g/mol. The van der Waals surface area contributed by atoms with Crippen LogP contribution >= 0.6 is 0 Å². The number of hydrogen-bond acceptors (Lipinski definition) is 6. The van der Waals surface area contributed by atoms with Gasteiger partial charge in [-0.15, -0.1) is 0 Å². The van der Waals surface area contributed by atoms with Gasteiger partial charge in [0.2, 0.25) is 6.79 Å². The van der Waals surface area contributed by atoms with Crippen LogP contribution in [0.3, 0.4) is 0 Å². The summed E-state index contributed by atoms with van der Waals surface area (Å²) in [4.78, 5) is 18.1. The molecule has 2 aliphatic heterocycles. The minimum Gasteiger partial charge on any atom is -0.454 e. The molecule has 7 heteroatoms. The molecule has 7 nitrogen and oxygen atoms in total. The van der Waals surface area contributed by atoms with Crippen LogP contribution in [0.15, 0.2) is 47.3 Å². The maximum absolute atomic E-state index is 13.2. The van der Waals surface area contributed by atoms with Crippen molar-refractivity contribution in [2.45, 2.75) is 13.1 Å². The SMILES string of the molecule is O=c1c2ccccc2cc2n1Cc1c-2nc2cc3c(cc2c1CNCCO)OCO3. The van der Waals surface area contributed by atoms with Gasteiger partial charge in [-0.25, -0.2) is 4.98 Å². The van der Waals surface area contributed by atoms with Gasteiger partial charge in [-0.2, -0.15) is 0 Å². The van der Waals surface area contributed by atoms with Crippen LogP contribution in [0.1, 0.15) is 11.1 Å². The Hall–Kier alpha value is -3.42. The van der Waals surface area contributed by atoms with Crippen molar-refractivity contribution in [2.24, 2.45) is 0 Å². The molecule has 150 valence electrons. The molecule has 0 unspecified atom stereocenters. The van der Waals surface area contributed by atoms with Crippen LogP contribution in [0.4, 0.5) is 0 Å². The lowest BCUT2D eigenvalue weighted by Gasteiger charge is -2.13. The largest absolute Gasteiger partial charge is 0.454 e. The Morgan fingerprint density at radius 3 is 2.80 bits per heavy atom.